The number of oxazole rings is 1. The van der Waals surface area contributed by atoms with Gasteiger partial charge in [0.15, 0.2) is 5.96 Å². The lowest BCUT2D eigenvalue weighted by Gasteiger charge is -2.22. The Hall–Kier alpha value is -2.50. The molecule has 1 heterocycles. The predicted octanol–water partition coefficient (Wildman–Crippen LogP) is 3.58. The average Bonchev–Trinajstić information content (AvgIpc) is 3.07. The summed E-state index contributed by atoms with van der Waals surface area (Å²) >= 11 is 0. The van der Waals surface area contributed by atoms with Gasteiger partial charge in [-0.1, -0.05) is 32.9 Å². The van der Waals surface area contributed by atoms with E-state index < -0.39 is 0 Å². The van der Waals surface area contributed by atoms with E-state index in [4.69, 9.17) is 9.15 Å². The first-order valence-electron chi connectivity index (χ1n) is 8.92. The molecule has 0 radical (unpaired) electrons. The lowest BCUT2D eigenvalue weighted by atomic mass is 9.94. The SMILES string of the molecule is CCOc1ccc(CN(C)C(=NC)NCc2ncc(C(C)(C)C)o2)cc1. The predicted molar refractivity (Wildman–Crippen MR) is 104 cm³/mol. The molecule has 1 N–H and O–H groups in total. The standard InChI is InChI=1S/C20H30N4O2/c1-7-25-16-10-8-15(9-11-16)14-24(6)19(21-5)23-13-18-22-12-17(26-18)20(2,3)4/h8-12H,7,13-14H2,1-6H3,(H,21,23). The summed E-state index contributed by atoms with van der Waals surface area (Å²) in [5.41, 5.74) is 1.14. The molecule has 0 aliphatic heterocycles. The normalized spacial score (nSPS) is 12.2. The van der Waals surface area contributed by atoms with Crippen molar-refractivity contribution >= 4 is 5.96 Å². The van der Waals surface area contributed by atoms with Crippen molar-refractivity contribution in [2.75, 3.05) is 20.7 Å². The molecule has 0 aliphatic rings. The van der Waals surface area contributed by atoms with Gasteiger partial charge in [0.25, 0.3) is 0 Å². The molecule has 0 spiro atoms. The van der Waals surface area contributed by atoms with Crippen LogP contribution in [0, 0.1) is 0 Å². The fraction of sp³-hybridized carbons (Fsp3) is 0.500. The van der Waals surface area contributed by atoms with Gasteiger partial charge in [-0.05, 0) is 24.6 Å². The van der Waals surface area contributed by atoms with Crippen molar-refractivity contribution < 1.29 is 9.15 Å². The molecular weight excluding hydrogens is 328 g/mol. The molecule has 0 amide bonds. The summed E-state index contributed by atoms with van der Waals surface area (Å²) in [5.74, 6) is 3.21. The Labute approximate surface area is 156 Å². The van der Waals surface area contributed by atoms with Gasteiger partial charge in [-0.3, -0.25) is 4.99 Å². The minimum atomic E-state index is -0.0443. The summed E-state index contributed by atoms with van der Waals surface area (Å²) in [4.78, 5) is 10.7. The highest BCUT2D eigenvalue weighted by molar-refractivity contribution is 5.79. The number of nitrogens with one attached hydrogen (secondary N) is 1. The zero-order valence-corrected chi connectivity index (χ0v) is 16.7. The van der Waals surface area contributed by atoms with E-state index in [9.17, 15) is 0 Å². The van der Waals surface area contributed by atoms with Crippen LogP contribution in [0.15, 0.2) is 39.9 Å². The molecular formula is C20H30N4O2. The summed E-state index contributed by atoms with van der Waals surface area (Å²) < 4.78 is 11.3. The van der Waals surface area contributed by atoms with E-state index >= 15 is 0 Å². The minimum Gasteiger partial charge on any atom is -0.494 e. The molecule has 6 nitrogen and oxygen atoms in total. The van der Waals surface area contributed by atoms with Crippen LogP contribution in [0.25, 0.3) is 0 Å². The van der Waals surface area contributed by atoms with Gasteiger partial charge < -0.3 is 19.4 Å². The third-order valence-corrected chi connectivity index (χ3v) is 3.92. The fourth-order valence-corrected chi connectivity index (χ4v) is 2.48. The smallest absolute Gasteiger partial charge is 0.213 e. The molecule has 1 aromatic heterocycles. The highest BCUT2D eigenvalue weighted by Gasteiger charge is 2.19. The molecule has 1 aromatic carbocycles. The van der Waals surface area contributed by atoms with E-state index in [0.717, 1.165) is 24.0 Å². The van der Waals surface area contributed by atoms with Crippen molar-refractivity contribution in [2.24, 2.45) is 4.99 Å². The number of hydrogen-bond acceptors (Lipinski definition) is 4. The molecule has 0 bridgehead atoms. The third-order valence-electron chi connectivity index (χ3n) is 3.92. The highest BCUT2D eigenvalue weighted by Crippen LogP contribution is 2.22. The first kappa shape index (κ1) is 19.8. The van der Waals surface area contributed by atoms with Crippen molar-refractivity contribution in [3.63, 3.8) is 0 Å². The van der Waals surface area contributed by atoms with Crippen LogP contribution >= 0.6 is 0 Å². The maximum absolute atomic E-state index is 5.82. The molecule has 0 saturated heterocycles. The van der Waals surface area contributed by atoms with Gasteiger partial charge in [0, 0.05) is 26.1 Å². The molecule has 2 aromatic rings. The van der Waals surface area contributed by atoms with Crippen LogP contribution in [0.1, 0.15) is 44.9 Å². The number of aliphatic imine (C=N–C) groups is 1. The van der Waals surface area contributed by atoms with Crippen molar-refractivity contribution in [3.8, 4) is 5.75 Å². The largest absolute Gasteiger partial charge is 0.494 e. The zero-order chi connectivity index (χ0) is 19.2. The molecule has 0 aliphatic carbocycles. The van der Waals surface area contributed by atoms with Gasteiger partial charge in [0.1, 0.15) is 11.5 Å². The molecule has 2 rings (SSSR count). The first-order valence-corrected chi connectivity index (χ1v) is 8.92. The van der Waals surface area contributed by atoms with Crippen LogP contribution in [0.2, 0.25) is 0 Å². The number of guanidine groups is 1. The first-order chi connectivity index (χ1) is 12.3. The van der Waals surface area contributed by atoms with E-state index in [0.29, 0.717) is 19.0 Å². The Balaban J connectivity index is 1.92. The average molecular weight is 358 g/mol. The lowest BCUT2D eigenvalue weighted by molar-refractivity contribution is 0.340. The van der Waals surface area contributed by atoms with Crippen molar-refractivity contribution in [1.82, 2.24) is 15.2 Å². The van der Waals surface area contributed by atoms with Crippen molar-refractivity contribution in [1.29, 1.82) is 0 Å². The second-order valence-electron chi connectivity index (χ2n) is 7.20. The maximum Gasteiger partial charge on any atom is 0.213 e. The second-order valence-corrected chi connectivity index (χ2v) is 7.20. The minimum absolute atomic E-state index is 0.0443. The van der Waals surface area contributed by atoms with E-state index in [1.54, 1.807) is 13.2 Å². The van der Waals surface area contributed by atoms with Gasteiger partial charge >= 0.3 is 0 Å². The molecule has 0 atom stereocenters. The van der Waals surface area contributed by atoms with E-state index in [1.165, 1.54) is 5.56 Å². The van der Waals surface area contributed by atoms with Crippen LogP contribution < -0.4 is 10.1 Å². The Bertz CT molecular complexity index is 714. The van der Waals surface area contributed by atoms with Crippen LogP contribution in [-0.4, -0.2) is 36.5 Å². The molecule has 142 valence electrons. The van der Waals surface area contributed by atoms with Crippen LogP contribution in [0.4, 0.5) is 0 Å². The van der Waals surface area contributed by atoms with Crippen LogP contribution in [0.3, 0.4) is 0 Å². The monoisotopic (exact) mass is 358 g/mol. The molecule has 26 heavy (non-hydrogen) atoms. The van der Waals surface area contributed by atoms with Crippen LogP contribution in [-0.2, 0) is 18.5 Å². The number of rotatable bonds is 6. The quantitative estimate of drug-likeness (QED) is 0.632. The summed E-state index contributed by atoms with van der Waals surface area (Å²) in [6.07, 6.45) is 1.80. The zero-order valence-electron chi connectivity index (χ0n) is 16.7. The van der Waals surface area contributed by atoms with Gasteiger partial charge in [-0.2, -0.15) is 0 Å². The molecule has 0 fully saturated rings. The summed E-state index contributed by atoms with van der Waals surface area (Å²) in [7, 11) is 3.77. The van der Waals surface area contributed by atoms with E-state index in [1.807, 2.05) is 26.1 Å². The van der Waals surface area contributed by atoms with Crippen molar-refractivity contribution in [3.05, 3.63) is 47.7 Å². The highest BCUT2D eigenvalue weighted by atomic mass is 16.5. The molecule has 6 heteroatoms. The summed E-state index contributed by atoms with van der Waals surface area (Å²) in [6.45, 7) is 10.2. The fourth-order valence-electron chi connectivity index (χ4n) is 2.48. The van der Waals surface area contributed by atoms with Gasteiger partial charge in [0.2, 0.25) is 5.89 Å². The van der Waals surface area contributed by atoms with Gasteiger partial charge in [0.05, 0.1) is 19.3 Å². The number of ether oxygens (including phenoxy) is 1. The number of hydrogen-bond donors (Lipinski definition) is 1. The van der Waals surface area contributed by atoms with Gasteiger partial charge in [-0.15, -0.1) is 0 Å². The second kappa shape index (κ2) is 8.74. The summed E-state index contributed by atoms with van der Waals surface area (Å²) in [5, 5.41) is 3.30. The molecule has 0 unspecified atom stereocenters. The number of benzene rings is 1. The van der Waals surface area contributed by atoms with E-state index in [-0.39, 0.29) is 5.41 Å². The number of aromatic nitrogens is 1. The molecule has 0 saturated carbocycles. The van der Waals surface area contributed by atoms with E-state index in [2.05, 4.69) is 53.1 Å². The number of nitrogens with zero attached hydrogens (tertiary/aromatic N) is 3. The van der Waals surface area contributed by atoms with Crippen molar-refractivity contribution in [2.45, 2.75) is 46.2 Å². The lowest BCUT2D eigenvalue weighted by Crippen LogP contribution is -2.38. The topological polar surface area (TPSA) is 62.9 Å². The Morgan fingerprint density at radius 2 is 1.96 bits per heavy atom. The van der Waals surface area contributed by atoms with Gasteiger partial charge in [-0.25, -0.2) is 4.98 Å². The van der Waals surface area contributed by atoms with Crippen LogP contribution in [0.5, 0.6) is 5.75 Å². The third kappa shape index (κ3) is 5.51. The Morgan fingerprint density at radius 1 is 1.27 bits per heavy atom. The summed E-state index contributed by atoms with van der Waals surface area (Å²) in [6, 6.07) is 8.12. The maximum atomic E-state index is 5.82. The Kier molecular flexibility index (Phi) is 6.66. The Morgan fingerprint density at radius 3 is 2.50 bits per heavy atom.